The minimum absolute atomic E-state index is 0.170. The largest absolute Gasteiger partial charge is 0.348 e. The smallest absolute Gasteiger partial charge is 0.261 e. The van der Waals surface area contributed by atoms with Gasteiger partial charge in [-0.2, -0.15) is 0 Å². The van der Waals surface area contributed by atoms with E-state index in [0.29, 0.717) is 19.0 Å². The van der Waals surface area contributed by atoms with Crippen LogP contribution in [0.2, 0.25) is 0 Å². The summed E-state index contributed by atoms with van der Waals surface area (Å²) in [6.07, 6.45) is 5.30. The van der Waals surface area contributed by atoms with E-state index >= 15 is 0 Å². The van der Waals surface area contributed by atoms with Crippen LogP contribution in [0, 0.1) is 13.8 Å². The van der Waals surface area contributed by atoms with Gasteiger partial charge in [0.05, 0.1) is 0 Å². The Hall–Kier alpha value is -2.37. The van der Waals surface area contributed by atoms with Crippen LogP contribution in [0.15, 0.2) is 23.3 Å². The number of H-pyrrole nitrogens is 2. The summed E-state index contributed by atoms with van der Waals surface area (Å²) < 4.78 is 0. The van der Waals surface area contributed by atoms with Crippen LogP contribution in [0.4, 0.5) is 0 Å². The number of piperidine rings is 1. The maximum absolute atomic E-state index is 12.6. The lowest BCUT2D eigenvalue weighted by Crippen LogP contribution is -2.40. The lowest BCUT2D eigenvalue weighted by Gasteiger charge is -2.31. The minimum Gasteiger partial charge on any atom is -0.348 e. The second kappa shape index (κ2) is 5.79. The van der Waals surface area contributed by atoms with Gasteiger partial charge < -0.3 is 14.9 Å². The van der Waals surface area contributed by atoms with Crippen LogP contribution >= 0.6 is 0 Å². The van der Waals surface area contributed by atoms with E-state index in [1.807, 2.05) is 26.1 Å². The molecule has 0 atom stereocenters. The number of rotatable bonds is 2. The summed E-state index contributed by atoms with van der Waals surface area (Å²) in [5.41, 5.74) is 1.48. The van der Waals surface area contributed by atoms with Gasteiger partial charge in [-0.1, -0.05) is 0 Å². The molecule has 6 nitrogen and oxygen atoms in total. The number of amides is 1. The first-order valence-corrected chi connectivity index (χ1v) is 7.55. The van der Waals surface area contributed by atoms with E-state index in [2.05, 4.69) is 15.0 Å². The van der Waals surface area contributed by atoms with Crippen molar-refractivity contribution in [2.24, 2.45) is 0 Å². The number of pyridine rings is 1. The SMILES string of the molecule is Cc1cc(C)c(C(=O)N2CCC(c3ncc[nH]3)CC2)c(=O)[nH]1. The van der Waals surface area contributed by atoms with Gasteiger partial charge in [0.25, 0.3) is 11.5 Å². The van der Waals surface area contributed by atoms with Crippen LogP contribution in [0.5, 0.6) is 0 Å². The number of nitrogens with zero attached hydrogens (tertiary/aromatic N) is 2. The lowest BCUT2D eigenvalue weighted by molar-refractivity contribution is 0.0708. The van der Waals surface area contributed by atoms with Crippen molar-refractivity contribution < 1.29 is 4.79 Å². The molecule has 116 valence electrons. The number of carbonyl (C=O) groups excluding carboxylic acids is 1. The van der Waals surface area contributed by atoms with E-state index in [4.69, 9.17) is 0 Å². The molecule has 2 aromatic rings. The molecule has 2 N–H and O–H groups in total. The minimum atomic E-state index is -0.296. The summed E-state index contributed by atoms with van der Waals surface area (Å²) in [7, 11) is 0. The normalized spacial score (nSPS) is 16.0. The van der Waals surface area contributed by atoms with E-state index in [1.165, 1.54) is 0 Å². The molecule has 0 radical (unpaired) electrons. The Morgan fingerprint density at radius 1 is 1.32 bits per heavy atom. The van der Waals surface area contributed by atoms with Gasteiger partial charge in [0, 0.05) is 37.1 Å². The fourth-order valence-electron chi connectivity index (χ4n) is 3.13. The van der Waals surface area contributed by atoms with E-state index in [0.717, 1.165) is 29.9 Å². The van der Waals surface area contributed by atoms with Crippen molar-refractivity contribution in [3.63, 3.8) is 0 Å². The predicted octanol–water partition coefficient (Wildman–Crippen LogP) is 1.73. The van der Waals surface area contributed by atoms with Gasteiger partial charge in [-0.05, 0) is 38.3 Å². The van der Waals surface area contributed by atoms with E-state index < -0.39 is 0 Å². The number of hydrogen-bond acceptors (Lipinski definition) is 3. The average Bonchev–Trinajstić information content (AvgIpc) is 3.00. The van der Waals surface area contributed by atoms with Gasteiger partial charge in [0.1, 0.15) is 11.4 Å². The Bertz CT molecular complexity index is 725. The number of aromatic nitrogens is 3. The number of hydrogen-bond donors (Lipinski definition) is 2. The number of nitrogens with one attached hydrogen (secondary N) is 2. The van der Waals surface area contributed by atoms with Crippen LogP contribution in [0.1, 0.15) is 46.2 Å². The molecule has 0 unspecified atom stereocenters. The zero-order chi connectivity index (χ0) is 15.7. The Kier molecular flexibility index (Phi) is 3.83. The fourth-order valence-corrected chi connectivity index (χ4v) is 3.13. The number of likely N-dealkylation sites (tertiary alicyclic amines) is 1. The number of imidazole rings is 1. The van der Waals surface area contributed by atoms with Crippen LogP contribution in [0.3, 0.4) is 0 Å². The van der Waals surface area contributed by atoms with Crippen LogP contribution in [-0.4, -0.2) is 38.8 Å². The highest BCUT2D eigenvalue weighted by Gasteiger charge is 2.27. The summed E-state index contributed by atoms with van der Waals surface area (Å²) in [5.74, 6) is 1.17. The second-order valence-electron chi connectivity index (χ2n) is 5.88. The van der Waals surface area contributed by atoms with Crippen molar-refractivity contribution in [3.8, 4) is 0 Å². The molecule has 2 aromatic heterocycles. The molecule has 1 amide bonds. The molecule has 0 aromatic carbocycles. The highest BCUT2D eigenvalue weighted by Crippen LogP contribution is 2.26. The summed E-state index contributed by atoms with van der Waals surface area (Å²) in [6.45, 7) is 4.93. The quantitative estimate of drug-likeness (QED) is 0.886. The maximum Gasteiger partial charge on any atom is 0.261 e. The molecule has 0 aliphatic carbocycles. The topological polar surface area (TPSA) is 81.8 Å². The summed E-state index contributed by atoms with van der Waals surface area (Å²) in [6, 6.07) is 1.84. The molecule has 3 rings (SSSR count). The molecule has 6 heteroatoms. The van der Waals surface area contributed by atoms with E-state index in [-0.39, 0.29) is 17.0 Å². The molecule has 1 fully saturated rings. The number of aryl methyl sites for hydroxylation is 2. The Balaban J connectivity index is 1.74. The zero-order valence-corrected chi connectivity index (χ0v) is 12.8. The third kappa shape index (κ3) is 2.68. The number of aromatic amines is 2. The predicted molar refractivity (Wildman–Crippen MR) is 83.0 cm³/mol. The first-order valence-electron chi connectivity index (χ1n) is 7.55. The van der Waals surface area contributed by atoms with Gasteiger partial charge >= 0.3 is 0 Å². The molecule has 1 saturated heterocycles. The van der Waals surface area contributed by atoms with Crippen molar-refractivity contribution in [3.05, 3.63) is 51.5 Å². The van der Waals surface area contributed by atoms with E-state index in [1.54, 1.807) is 11.1 Å². The molecule has 0 spiro atoms. The highest BCUT2D eigenvalue weighted by atomic mass is 16.2. The van der Waals surface area contributed by atoms with Crippen LogP contribution in [-0.2, 0) is 0 Å². The van der Waals surface area contributed by atoms with Crippen molar-refractivity contribution in [2.45, 2.75) is 32.6 Å². The number of carbonyl (C=O) groups is 1. The van der Waals surface area contributed by atoms with Crippen molar-refractivity contribution >= 4 is 5.91 Å². The Morgan fingerprint density at radius 2 is 2.05 bits per heavy atom. The monoisotopic (exact) mass is 300 g/mol. The first-order chi connectivity index (χ1) is 10.6. The fraction of sp³-hybridized carbons (Fsp3) is 0.438. The molecule has 3 heterocycles. The van der Waals surface area contributed by atoms with Gasteiger partial charge in [0.2, 0.25) is 0 Å². The maximum atomic E-state index is 12.6. The van der Waals surface area contributed by atoms with Gasteiger partial charge in [-0.3, -0.25) is 9.59 Å². The molecule has 0 saturated carbocycles. The van der Waals surface area contributed by atoms with Gasteiger partial charge in [-0.15, -0.1) is 0 Å². The second-order valence-corrected chi connectivity index (χ2v) is 5.88. The molecular formula is C16H20N4O2. The summed E-state index contributed by atoms with van der Waals surface area (Å²) in [4.78, 5) is 36.6. The molecule has 22 heavy (non-hydrogen) atoms. The van der Waals surface area contributed by atoms with Gasteiger partial charge in [0.15, 0.2) is 0 Å². The van der Waals surface area contributed by atoms with Gasteiger partial charge in [-0.25, -0.2) is 4.98 Å². The van der Waals surface area contributed by atoms with Crippen LogP contribution in [0.25, 0.3) is 0 Å². The molecule has 0 bridgehead atoms. The van der Waals surface area contributed by atoms with Crippen molar-refractivity contribution in [2.75, 3.05) is 13.1 Å². The Morgan fingerprint density at radius 3 is 2.64 bits per heavy atom. The van der Waals surface area contributed by atoms with E-state index in [9.17, 15) is 9.59 Å². The van der Waals surface area contributed by atoms with Crippen LogP contribution < -0.4 is 5.56 Å². The third-order valence-corrected chi connectivity index (χ3v) is 4.27. The highest BCUT2D eigenvalue weighted by molar-refractivity contribution is 5.95. The first kappa shape index (κ1) is 14.6. The standard InChI is InChI=1S/C16H20N4O2/c1-10-9-11(2)19-15(21)13(10)16(22)20-7-3-12(4-8-20)14-17-5-6-18-14/h5-6,9,12H,3-4,7-8H2,1-2H3,(H,17,18)(H,19,21). The molecule has 1 aliphatic heterocycles. The lowest BCUT2D eigenvalue weighted by atomic mass is 9.95. The zero-order valence-electron chi connectivity index (χ0n) is 12.8. The Labute approximate surface area is 128 Å². The van der Waals surface area contributed by atoms with Crippen molar-refractivity contribution in [1.29, 1.82) is 0 Å². The molecular weight excluding hydrogens is 280 g/mol. The summed E-state index contributed by atoms with van der Waals surface area (Å²) in [5, 5.41) is 0. The third-order valence-electron chi connectivity index (χ3n) is 4.27. The average molecular weight is 300 g/mol. The summed E-state index contributed by atoms with van der Waals surface area (Å²) >= 11 is 0. The molecule has 1 aliphatic rings. The van der Waals surface area contributed by atoms with Crippen molar-refractivity contribution in [1.82, 2.24) is 19.9 Å².